The summed E-state index contributed by atoms with van der Waals surface area (Å²) >= 11 is 6.17. The van der Waals surface area contributed by atoms with Gasteiger partial charge in [-0.1, -0.05) is 35.9 Å². The minimum absolute atomic E-state index is 0.0484. The van der Waals surface area contributed by atoms with Crippen LogP contribution in [0.5, 0.6) is 0 Å². The number of carbonyl (C=O) groups is 2. The van der Waals surface area contributed by atoms with Crippen LogP contribution in [0.3, 0.4) is 0 Å². The van der Waals surface area contributed by atoms with E-state index >= 15 is 0 Å². The van der Waals surface area contributed by atoms with Crippen LogP contribution in [0.15, 0.2) is 66.7 Å². The molecule has 2 N–H and O–H groups in total. The van der Waals surface area contributed by atoms with Crippen LogP contribution in [0.2, 0.25) is 5.02 Å². The summed E-state index contributed by atoms with van der Waals surface area (Å²) in [6.45, 7) is 0. The Hall–Kier alpha value is -4.31. The molecule has 0 radical (unpaired) electrons. The van der Waals surface area contributed by atoms with Gasteiger partial charge in [0.2, 0.25) is 0 Å². The molecule has 3 aromatic carbocycles. The van der Waals surface area contributed by atoms with Crippen LogP contribution in [0.25, 0.3) is 0 Å². The fourth-order valence-corrected chi connectivity index (χ4v) is 2.96. The van der Waals surface area contributed by atoms with Crippen molar-refractivity contribution in [3.63, 3.8) is 0 Å². The Kier molecular flexibility index (Phi) is 6.22. The van der Waals surface area contributed by atoms with Crippen molar-refractivity contribution in [3.05, 3.63) is 103 Å². The summed E-state index contributed by atoms with van der Waals surface area (Å²) in [5.74, 6) is -1.44. The Morgan fingerprint density at radius 1 is 0.742 bits per heavy atom. The Balaban J connectivity index is 1.78. The summed E-state index contributed by atoms with van der Waals surface area (Å²) in [6.07, 6.45) is 0. The zero-order chi connectivity index (χ0) is 22.5. The Morgan fingerprint density at radius 2 is 1.23 bits per heavy atom. The van der Waals surface area contributed by atoms with Gasteiger partial charge in [0.25, 0.3) is 23.2 Å². The van der Waals surface area contributed by atoms with E-state index in [0.29, 0.717) is 0 Å². The molecule has 0 aliphatic carbocycles. The van der Waals surface area contributed by atoms with Crippen LogP contribution in [0.1, 0.15) is 20.7 Å². The lowest BCUT2D eigenvalue weighted by Gasteiger charge is -2.10. The Labute approximate surface area is 179 Å². The first-order chi connectivity index (χ1) is 14.8. The van der Waals surface area contributed by atoms with E-state index in [0.717, 1.165) is 0 Å². The van der Waals surface area contributed by atoms with Gasteiger partial charge in [0.15, 0.2) is 0 Å². The summed E-state index contributed by atoms with van der Waals surface area (Å²) in [5.41, 5.74) is -0.580. The second-order valence-corrected chi connectivity index (χ2v) is 6.56. The van der Waals surface area contributed by atoms with E-state index in [1.807, 2.05) is 0 Å². The van der Waals surface area contributed by atoms with Gasteiger partial charge in [-0.05, 0) is 30.3 Å². The van der Waals surface area contributed by atoms with Crippen LogP contribution in [0.4, 0.5) is 22.7 Å². The number of hydrogen-bond acceptors (Lipinski definition) is 6. The van der Waals surface area contributed by atoms with E-state index in [4.69, 9.17) is 11.6 Å². The monoisotopic (exact) mass is 440 g/mol. The van der Waals surface area contributed by atoms with Crippen LogP contribution in [-0.4, -0.2) is 21.7 Å². The first-order valence-corrected chi connectivity index (χ1v) is 9.05. The predicted octanol–water partition coefficient (Wildman–Crippen LogP) is 4.66. The lowest BCUT2D eigenvalue weighted by molar-refractivity contribution is -0.385. The second-order valence-electron chi connectivity index (χ2n) is 6.15. The molecule has 0 bridgehead atoms. The number of halogens is 1. The zero-order valence-electron chi connectivity index (χ0n) is 15.6. The van der Waals surface area contributed by atoms with Gasteiger partial charge in [0, 0.05) is 17.8 Å². The highest BCUT2D eigenvalue weighted by atomic mass is 35.5. The smallest absolute Gasteiger partial charge is 0.282 e. The SMILES string of the molecule is O=C(Nc1ccc(NC(=O)c2ccccc2[N+](=O)[O-])c(Cl)c1)c1ccccc1[N+](=O)[O-]. The fraction of sp³-hybridized carbons (Fsp3) is 0. The van der Waals surface area contributed by atoms with Gasteiger partial charge in [0.1, 0.15) is 11.1 Å². The molecule has 0 aliphatic heterocycles. The van der Waals surface area contributed by atoms with Gasteiger partial charge in [0.05, 0.1) is 20.6 Å². The molecular formula is C20H13ClN4O6. The van der Waals surface area contributed by atoms with Gasteiger partial charge in [-0.15, -0.1) is 0 Å². The number of rotatable bonds is 6. The van der Waals surface area contributed by atoms with Crippen LogP contribution in [0, 0.1) is 20.2 Å². The molecule has 0 heterocycles. The number of nitrogens with one attached hydrogen (secondary N) is 2. The third-order valence-electron chi connectivity index (χ3n) is 4.17. The predicted molar refractivity (Wildman–Crippen MR) is 114 cm³/mol. The van der Waals surface area contributed by atoms with Gasteiger partial charge >= 0.3 is 0 Å². The van der Waals surface area contributed by atoms with Gasteiger partial charge < -0.3 is 10.6 Å². The summed E-state index contributed by atoms with van der Waals surface area (Å²) in [5, 5.41) is 27.2. The maximum Gasteiger partial charge on any atom is 0.282 e. The van der Waals surface area contributed by atoms with Crippen molar-refractivity contribution < 1.29 is 19.4 Å². The molecule has 10 nitrogen and oxygen atoms in total. The van der Waals surface area contributed by atoms with Crippen molar-refractivity contribution in [2.24, 2.45) is 0 Å². The van der Waals surface area contributed by atoms with Crippen molar-refractivity contribution in [2.75, 3.05) is 10.6 Å². The lowest BCUT2D eigenvalue weighted by Crippen LogP contribution is -2.15. The molecule has 0 spiro atoms. The van der Waals surface area contributed by atoms with E-state index in [-0.39, 0.29) is 38.9 Å². The first kappa shape index (κ1) is 21.4. The van der Waals surface area contributed by atoms with Crippen molar-refractivity contribution >= 4 is 46.2 Å². The highest BCUT2D eigenvalue weighted by molar-refractivity contribution is 6.34. The van der Waals surface area contributed by atoms with Crippen LogP contribution < -0.4 is 10.6 Å². The average Bonchev–Trinajstić information content (AvgIpc) is 2.75. The van der Waals surface area contributed by atoms with Crippen molar-refractivity contribution in [2.45, 2.75) is 0 Å². The number of hydrogen-bond donors (Lipinski definition) is 2. The number of nitro groups is 2. The highest BCUT2D eigenvalue weighted by Gasteiger charge is 2.21. The molecule has 3 rings (SSSR count). The maximum atomic E-state index is 12.4. The molecule has 0 atom stereocenters. The molecule has 0 aromatic heterocycles. The quantitative estimate of drug-likeness (QED) is 0.421. The molecule has 3 aromatic rings. The summed E-state index contributed by atoms with van der Waals surface area (Å²) in [6, 6.07) is 15.1. The molecule has 0 saturated heterocycles. The zero-order valence-corrected chi connectivity index (χ0v) is 16.3. The van der Waals surface area contributed by atoms with E-state index in [9.17, 15) is 29.8 Å². The number of benzene rings is 3. The summed E-state index contributed by atoms with van der Waals surface area (Å²) < 4.78 is 0. The number of nitro benzene ring substituents is 2. The summed E-state index contributed by atoms with van der Waals surface area (Å²) in [4.78, 5) is 45.7. The molecule has 0 unspecified atom stereocenters. The van der Waals surface area contributed by atoms with Gasteiger partial charge in [-0.25, -0.2) is 0 Å². The van der Waals surface area contributed by atoms with Gasteiger partial charge in [-0.2, -0.15) is 0 Å². The molecule has 31 heavy (non-hydrogen) atoms. The second kappa shape index (κ2) is 9.01. The number of carbonyl (C=O) groups excluding carboxylic acids is 2. The molecule has 156 valence electrons. The van der Waals surface area contributed by atoms with Crippen molar-refractivity contribution in [3.8, 4) is 0 Å². The molecule has 11 heteroatoms. The van der Waals surface area contributed by atoms with Crippen LogP contribution in [-0.2, 0) is 0 Å². The van der Waals surface area contributed by atoms with E-state index in [1.54, 1.807) is 0 Å². The third kappa shape index (κ3) is 4.82. The topological polar surface area (TPSA) is 144 Å². The number of amides is 2. The number of para-hydroxylation sites is 2. The Bertz CT molecular complexity index is 1210. The van der Waals surface area contributed by atoms with Crippen molar-refractivity contribution in [1.29, 1.82) is 0 Å². The largest absolute Gasteiger partial charge is 0.322 e. The van der Waals surface area contributed by atoms with E-state index in [1.165, 1.54) is 66.7 Å². The maximum absolute atomic E-state index is 12.4. The van der Waals surface area contributed by atoms with Crippen molar-refractivity contribution in [1.82, 2.24) is 0 Å². The molecule has 2 amide bonds. The summed E-state index contributed by atoms with van der Waals surface area (Å²) in [7, 11) is 0. The molecular weight excluding hydrogens is 428 g/mol. The van der Waals surface area contributed by atoms with E-state index in [2.05, 4.69) is 10.6 Å². The fourth-order valence-electron chi connectivity index (χ4n) is 2.73. The number of nitrogens with zero attached hydrogens (tertiary/aromatic N) is 2. The number of anilines is 2. The molecule has 0 saturated carbocycles. The van der Waals surface area contributed by atoms with Gasteiger partial charge in [-0.3, -0.25) is 29.8 Å². The average molecular weight is 441 g/mol. The van der Waals surface area contributed by atoms with Crippen LogP contribution >= 0.6 is 11.6 Å². The normalized spacial score (nSPS) is 10.2. The Morgan fingerprint density at radius 3 is 1.71 bits per heavy atom. The standard InChI is InChI=1S/C20H13ClN4O6/c21-15-11-12(22-19(26)13-5-1-3-7-17(13)24(28)29)9-10-16(15)23-20(27)14-6-2-4-8-18(14)25(30)31/h1-11H,(H,22,26)(H,23,27). The third-order valence-corrected chi connectivity index (χ3v) is 4.48. The minimum atomic E-state index is -0.731. The molecule has 0 fully saturated rings. The minimum Gasteiger partial charge on any atom is -0.322 e. The lowest BCUT2D eigenvalue weighted by atomic mass is 10.1. The highest BCUT2D eigenvalue weighted by Crippen LogP contribution is 2.28. The van der Waals surface area contributed by atoms with E-state index < -0.39 is 21.7 Å². The first-order valence-electron chi connectivity index (χ1n) is 8.67. The molecule has 0 aliphatic rings.